The Morgan fingerprint density at radius 3 is 2.72 bits per heavy atom. The Labute approximate surface area is 145 Å². The van der Waals surface area contributed by atoms with E-state index in [1.165, 1.54) is 4.90 Å². The average Bonchev–Trinajstić information content (AvgIpc) is 3.14. The van der Waals surface area contributed by atoms with Gasteiger partial charge in [0.2, 0.25) is 0 Å². The number of carbonyl (C=O) groups excluding carboxylic acids is 1. The molecule has 2 aliphatic rings. The molecular formula is C18H21N3O4. The molecular weight excluding hydrogens is 322 g/mol. The monoisotopic (exact) mass is 343 g/mol. The molecule has 0 radical (unpaired) electrons. The third kappa shape index (κ3) is 2.67. The Hall–Kier alpha value is -2.44. The van der Waals surface area contributed by atoms with Crippen LogP contribution in [0.2, 0.25) is 0 Å². The molecule has 1 N–H and O–H groups in total. The molecule has 25 heavy (non-hydrogen) atoms. The van der Waals surface area contributed by atoms with Gasteiger partial charge in [-0.1, -0.05) is 19.0 Å². The van der Waals surface area contributed by atoms with E-state index in [1.807, 2.05) is 19.9 Å². The highest BCUT2D eigenvalue weighted by Crippen LogP contribution is 2.41. The Morgan fingerprint density at radius 1 is 1.32 bits per heavy atom. The van der Waals surface area contributed by atoms with E-state index < -0.39 is 12.0 Å². The fourth-order valence-electron chi connectivity index (χ4n) is 3.56. The maximum absolute atomic E-state index is 13.2. The van der Waals surface area contributed by atoms with Gasteiger partial charge in [-0.15, -0.1) is 0 Å². The lowest BCUT2D eigenvalue weighted by Gasteiger charge is -2.22. The van der Waals surface area contributed by atoms with Gasteiger partial charge in [0.05, 0.1) is 16.6 Å². The quantitative estimate of drug-likeness (QED) is 0.917. The van der Waals surface area contributed by atoms with Gasteiger partial charge in [0, 0.05) is 18.2 Å². The summed E-state index contributed by atoms with van der Waals surface area (Å²) in [4.78, 5) is 30.7. The zero-order valence-electron chi connectivity index (χ0n) is 14.4. The summed E-state index contributed by atoms with van der Waals surface area (Å²) in [6.45, 7) is 4.42. The van der Waals surface area contributed by atoms with Crippen molar-refractivity contribution in [1.82, 2.24) is 15.0 Å². The van der Waals surface area contributed by atoms with Crippen LogP contribution in [0.4, 0.5) is 0 Å². The third-order valence-corrected chi connectivity index (χ3v) is 5.06. The standard InChI is InChI=1S/C18H21N3O4/c1-9(2)15-14-11(17(22)21-7-3-4-13(21)18(23)24)8-12(10-5-6-10)19-16(14)25-20-15/h8-10,13H,3-7H2,1-2H3,(H,23,24)/t13-/m0/s1. The molecule has 2 fully saturated rings. The van der Waals surface area contributed by atoms with Gasteiger partial charge in [0.15, 0.2) is 0 Å². The summed E-state index contributed by atoms with van der Waals surface area (Å²) < 4.78 is 5.41. The summed E-state index contributed by atoms with van der Waals surface area (Å²) in [7, 11) is 0. The van der Waals surface area contributed by atoms with E-state index in [1.54, 1.807) is 0 Å². The second-order valence-electron chi connectivity index (χ2n) is 7.27. The fraction of sp³-hybridized carbons (Fsp3) is 0.556. The van der Waals surface area contributed by atoms with Gasteiger partial charge < -0.3 is 14.5 Å². The molecule has 1 aliphatic carbocycles. The maximum Gasteiger partial charge on any atom is 0.326 e. The largest absolute Gasteiger partial charge is 0.480 e. The highest BCUT2D eigenvalue weighted by Gasteiger charge is 2.37. The van der Waals surface area contributed by atoms with Crippen LogP contribution < -0.4 is 0 Å². The molecule has 0 spiro atoms. The van der Waals surface area contributed by atoms with Gasteiger partial charge in [-0.2, -0.15) is 0 Å². The predicted molar refractivity (Wildman–Crippen MR) is 89.6 cm³/mol. The molecule has 0 aromatic carbocycles. The van der Waals surface area contributed by atoms with Crippen LogP contribution in [0.5, 0.6) is 0 Å². The van der Waals surface area contributed by atoms with Crippen LogP contribution >= 0.6 is 0 Å². The molecule has 1 aliphatic heterocycles. The summed E-state index contributed by atoms with van der Waals surface area (Å²) >= 11 is 0. The van der Waals surface area contributed by atoms with Crippen LogP contribution in [0.25, 0.3) is 11.1 Å². The van der Waals surface area contributed by atoms with Gasteiger partial charge in [-0.3, -0.25) is 4.79 Å². The third-order valence-electron chi connectivity index (χ3n) is 5.06. The molecule has 132 valence electrons. The van der Waals surface area contributed by atoms with Crippen LogP contribution in [0.1, 0.15) is 73.1 Å². The molecule has 1 atom stereocenters. The van der Waals surface area contributed by atoms with Crippen molar-refractivity contribution in [2.24, 2.45) is 0 Å². The van der Waals surface area contributed by atoms with Crippen molar-refractivity contribution in [1.29, 1.82) is 0 Å². The van der Waals surface area contributed by atoms with Crippen molar-refractivity contribution in [3.63, 3.8) is 0 Å². The van der Waals surface area contributed by atoms with Crippen LogP contribution in [0.3, 0.4) is 0 Å². The second kappa shape index (κ2) is 5.82. The molecule has 0 unspecified atom stereocenters. The van der Waals surface area contributed by atoms with Crippen LogP contribution in [-0.4, -0.2) is 44.6 Å². The number of likely N-dealkylation sites (tertiary alicyclic amines) is 1. The van der Waals surface area contributed by atoms with Crippen molar-refractivity contribution >= 4 is 23.0 Å². The van der Waals surface area contributed by atoms with Gasteiger partial charge >= 0.3 is 5.97 Å². The smallest absolute Gasteiger partial charge is 0.326 e. The number of hydrogen-bond acceptors (Lipinski definition) is 5. The predicted octanol–water partition coefficient (Wildman–Crippen LogP) is 2.91. The minimum Gasteiger partial charge on any atom is -0.480 e. The molecule has 0 bridgehead atoms. The minimum absolute atomic E-state index is 0.0789. The average molecular weight is 343 g/mol. The number of carbonyl (C=O) groups is 2. The Bertz CT molecular complexity index is 853. The lowest BCUT2D eigenvalue weighted by molar-refractivity contribution is -0.141. The lowest BCUT2D eigenvalue weighted by Crippen LogP contribution is -2.40. The molecule has 7 nitrogen and oxygen atoms in total. The first kappa shape index (κ1) is 16.1. The molecule has 1 amide bonds. The molecule has 2 aromatic heterocycles. The number of aromatic nitrogens is 2. The van der Waals surface area contributed by atoms with Gasteiger partial charge in [0.1, 0.15) is 6.04 Å². The summed E-state index contributed by atoms with van der Waals surface area (Å²) in [5, 5.41) is 14.2. The van der Waals surface area contributed by atoms with Crippen molar-refractivity contribution in [3.8, 4) is 0 Å². The fourth-order valence-corrected chi connectivity index (χ4v) is 3.56. The second-order valence-corrected chi connectivity index (χ2v) is 7.27. The number of carboxylic acid groups (broad SMARTS) is 1. The van der Waals surface area contributed by atoms with Crippen molar-refractivity contribution in [2.45, 2.75) is 57.4 Å². The van der Waals surface area contributed by atoms with E-state index in [0.717, 1.165) is 18.5 Å². The number of aliphatic carboxylic acids is 1. The molecule has 1 saturated carbocycles. The number of amides is 1. The Morgan fingerprint density at radius 2 is 2.08 bits per heavy atom. The normalized spacial score (nSPS) is 20.6. The Balaban J connectivity index is 1.85. The molecule has 1 saturated heterocycles. The number of pyridine rings is 1. The molecule has 7 heteroatoms. The van der Waals surface area contributed by atoms with Crippen LogP contribution in [0, 0.1) is 0 Å². The molecule has 3 heterocycles. The highest BCUT2D eigenvalue weighted by molar-refractivity contribution is 6.07. The van der Waals surface area contributed by atoms with Crippen LogP contribution in [0.15, 0.2) is 10.6 Å². The first-order valence-corrected chi connectivity index (χ1v) is 8.81. The van der Waals surface area contributed by atoms with E-state index in [4.69, 9.17) is 4.52 Å². The summed E-state index contributed by atoms with van der Waals surface area (Å²) in [5.74, 6) is -0.773. The minimum atomic E-state index is -0.951. The van der Waals surface area contributed by atoms with E-state index in [9.17, 15) is 14.7 Å². The van der Waals surface area contributed by atoms with Gasteiger partial charge in [-0.05, 0) is 37.7 Å². The SMILES string of the molecule is CC(C)c1noc2nc(C3CC3)cc(C(=O)N3CCC[C@H]3C(=O)O)c12. The van der Waals surface area contributed by atoms with E-state index in [2.05, 4.69) is 10.1 Å². The first-order chi connectivity index (χ1) is 12.0. The van der Waals surface area contributed by atoms with Crippen molar-refractivity contribution in [2.75, 3.05) is 6.54 Å². The molecule has 4 rings (SSSR count). The lowest BCUT2D eigenvalue weighted by atomic mass is 10.0. The van der Waals surface area contributed by atoms with E-state index in [0.29, 0.717) is 47.7 Å². The van der Waals surface area contributed by atoms with Crippen molar-refractivity contribution < 1.29 is 19.2 Å². The number of nitrogens with zero attached hydrogens (tertiary/aromatic N) is 3. The zero-order valence-corrected chi connectivity index (χ0v) is 14.4. The topological polar surface area (TPSA) is 96.5 Å². The van der Waals surface area contributed by atoms with Gasteiger partial charge in [0.25, 0.3) is 11.6 Å². The Kier molecular flexibility index (Phi) is 3.74. The summed E-state index contributed by atoms with van der Waals surface area (Å²) in [6.07, 6.45) is 3.30. The van der Waals surface area contributed by atoms with E-state index >= 15 is 0 Å². The summed E-state index contributed by atoms with van der Waals surface area (Å²) in [5.41, 5.74) is 2.39. The van der Waals surface area contributed by atoms with E-state index in [-0.39, 0.29) is 11.8 Å². The zero-order chi connectivity index (χ0) is 17.7. The number of rotatable bonds is 4. The summed E-state index contributed by atoms with van der Waals surface area (Å²) in [6, 6.07) is 1.06. The first-order valence-electron chi connectivity index (χ1n) is 8.81. The molecule has 2 aromatic rings. The van der Waals surface area contributed by atoms with Crippen molar-refractivity contribution in [3.05, 3.63) is 23.0 Å². The number of fused-ring (bicyclic) bond motifs is 1. The van der Waals surface area contributed by atoms with Crippen LogP contribution in [-0.2, 0) is 4.79 Å². The number of carboxylic acids is 1. The van der Waals surface area contributed by atoms with Gasteiger partial charge in [-0.25, -0.2) is 9.78 Å². The highest BCUT2D eigenvalue weighted by atomic mass is 16.5. The number of hydrogen-bond donors (Lipinski definition) is 1. The maximum atomic E-state index is 13.2.